The van der Waals surface area contributed by atoms with Crippen molar-refractivity contribution in [2.24, 2.45) is 5.92 Å². The number of halogens is 1. The molecule has 0 aliphatic carbocycles. The molecule has 32 heavy (non-hydrogen) atoms. The Balaban J connectivity index is 1.60. The highest BCUT2D eigenvalue weighted by molar-refractivity contribution is 7.14. The third-order valence-electron chi connectivity index (χ3n) is 4.54. The largest absolute Gasteiger partial charge is 0.494 e. The van der Waals surface area contributed by atoms with Gasteiger partial charge in [-0.1, -0.05) is 26.0 Å². The van der Waals surface area contributed by atoms with E-state index in [1.54, 1.807) is 41.8 Å². The van der Waals surface area contributed by atoms with Crippen molar-refractivity contribution in [2.75, 3.05) is 11.5 Å². The predicted molar refractivity (Wildman–Crippen MR) is 122 cm³/mol. The first-order chi connectivity index (χ1) is 15.3. The molecule has 1 heterocycles. The second-order valence-corrected chi connectivity index (χ2v) is 8.40. The lowest BCUT2D eigenvalue weighted by molar-refractivity contribution is -0.115. The van der Waals surface area contributed by atoms with Gasteiger partial charge in [-0.2, -0.15) is 0 Å². The molecule has 0 N–H and O–H groups in total. The second-order valence-electron chi connectivity index (χ2n) is 7.56. The third kappa shape index (κ3) is 6.13. The van der Waals surface area contributed by atoms with Crippen LogP contribution >= 0.6 is 11.3 Å². The number of thiazole rings is 1. The van der Waals surface area contributed by atoms with Gasteiger partial charge in [-0.15, -0.1) is 11.3 Å². The van der Waals surface area contributed by atoms with Gasteiger partial charge in [0, 0.05) is 12.3 Å². The molecular weight excluding hydrogens is 431 g/mol. The summed E-state index contributed by atoms with van der Waals surface area (Å²) in [5.41, 5.74) is 0.983. The summed E-state index contributed by atoms with van der Waals surface area (Å²) in [6, 6.07) is 12.7. The zero-order valence-electron chi connectivity index (χ0n) is 18.2. The Kier molecular flexibility index (Phi) is 7.94. The number of carbonyl (C=O) groups is 2. The monoisotopic (exact) mass is 456 g/mol. The number of esters is 1. The second kappa shape index (κ2) is 10.9. The van der Waals surface area contributed by atoms with E-state index in [9.17, 15) is 14.0 Å². The van der Waals surface area contributed by atoms with E-state index in [1.807, 2.05) is 0 Å². The quantitative estimate of drug-likeness (QED) is 0.384. The van der Waals surface area contributed by atoms with Crippen LogP contribution in [0.25, 0.3) is 0 Å². The standard InChI is InChI=1S/C24H25FN2O4S/c1-16(2)12-13-30-20-10-8-18(9-11-20)23(29)31-14-19-15-32-24(26-19)27(17(3)28)22-7-5-4-6-21(22)25/h4-11,15-16H,12-14H2,1-3H3. The fourth-order valence-electron chi connectivity index (χ4n) is 2.83. The summed E-state index contributed by atoms with van der Waals surface area (Å²) in [7, 11) is 0. The Morgan fingerprint density at radius 3 is 2.50 bits per heavy atom. The van der Waals surface area contributed by atoms with E-state index in [-0.39, 0.29) is 18.2 Å². The number of nitrogens with zero attached hydrogens (tertiary/aromatic N) is 2. The number of amides is 1. The van der Waals surface area contributed by atoms with E-state index in [4.69, 9.17) is 9.47 Å². The normalized spacial score (nSPS) is 10.8. The van der Waals surface area contributed by atoms with Gasteiger partial charge in [-0.25, -0.2) is 14.2 Å². The first kappa shape index (κ1) is 23.4. The number of hydrogen-bond acceptors (Lipinski definition) is 6. The van der Waals surface area contributed by atoms with Crippen LogP contribution < -0.4 is 9.64 Å². The van der Waals surface area contributed by atoms with Gasteiger partial charge in [0.05, 0.1) is 23.6 Å². The molecule has 3 aromatic rings. The van der Waals surface area contributed by atoms with E-state index in [1.165, 1.54) is 35.3 Å². The number of carbonyl (C=O) groups excluding carboxylic acids is 2. The highest BCUT2D eigenvalue weighted by Crippen LogP contribution is 2.31. The number of hydrogen-bond donors (Lipinski definition) is 0. The van der Waals surface area contributed by atoms with Crippen LogP contribution in [-0.2, 0) is 16.1 Å². The number of benzene rings is 2. The van der Waals surface area contributed by atoms with E-state index in [0.29, 0.717) is 34.7 Å². The minimum absolute atomic E-state index is 0.0645. The summed E-state index contributed by atoms with van der Waals surface area (Å²) in [6.07, 6.45) is 0.956. The Labute approximate surface area is 190 Å². The van der Waals surface area contributed by atoms with Crippen LogP contribution in [0.15, 0.2) is 53.9 Å². The molecule has 0 saturated heterocycles. The van der Waals surface area contributed by atoms with Crippen LogP contribution in [0.4, 0.5) is 15.2 Å². The van der Waals surface area contributed by atoms with Crippen LogP contribution in [0.5, 0.6) is 5.75 Å². The van der Waals surface area contributed by atoms with E-state index in [0.717, 1.165) is 6.42 Å². The van der Waals surface area contributed by atoms with Crippen LogP contribution in [0.1, 0.15) is 43.2 Å². The van der Waals surface area contributed by atoms with Gasteiger partial charge in [-0.05, 0) is 48.7 Å². The summed E-state index contributed by atoms with van der Waals surface area (Å²) in [6.45, 7) is 6.16. The molecule has 0 fully saturated rings. The van der Waals surface area contributed by atoms with Crippen LogP contribution in [0.3, 0.4) is 0 Å². The van der Waals surface area contributed by atoms with Crippen molar-refractivity contribution in [3.8, 4) is 5.75 Å². The van der Waals surface area contributed by atoms with Gasteiger partial charge in [0.1, 0.15) is 18.2 Å². The van der Waals surface area contributed by atoms with Gasteiger partial charge in [0.15, 0.2) is 5.13 Å². The first-order valence-corrected chi connectivity index (χ1v) is 11.1. The molecule has 6 nitrogen and oxygen atoms in total. The lowest BCUT2D eigenvalue weighted by atomic mass is 10.1. The minimum atomic E-state index is -0.525. The lowest BCUT2D eigenvalue weighted by Gasteiger charge is -2.18. The molecule has 0 unspecified atom stereocenters. The zero-order chi connectivity index (χ0) is 23.1. The molecule has 1 aromatic heterocycles. The molecule has 0 aliphatic heterocycles. The Bertz CT molecular complexity index is 1070. The highest BCUT2D eigenvalue weighted by atomic mass is 32.1. The van der Waals surface area contributed by atoms with Crippen LogP contribution in [0.2, 0.25) is 0 Å². The molecule has 0 spiro atoms. The molecule has 0 atom stereocenters. The summed E-state index contributed by atoms with van der Waals surface area (Å²) in [4.78, 5) is 30.0. The van der Waals surface area contributed by atoms with Crippen molar-refractivity contribution < 1.29 is 23.5 Å². The SMILES string of the molecule is CC(=O)N(c1nc(COC(=O)c2ccc(OCCC(C)C)cc2)cs1)c1ccccc1F. The van der Waals surface area contributed by atoms with E-state index >= 15 is 0 Å². The van der Waals surface area contributed by atoms with Crippen LogP contribution in [-0.4, -0.2) is 23.5 Å². The Hall–Kier alpha value is -3.26. The van der Waals surface area contributed by atoms with Crippen LogP contribution in [0, 0.1) is 11.7 Å². The summed E-state index contributed by atoms with van der Waals surface area (Å²) in [5, 5.41) is 1.97. The van der Waals surface area contributed by atoms with Crippen molar-refractivity contribution in [3.05, 3.63) is 71.0 Å². The average molecular weight is 457 g/mol. The van der Waals surface area contributed by atoms with Gasteiger partial charge in [0.2, 0.25) is 5.91 Å². The van der Waals surface area contributed by atoms with E-state index in [2.05, 4.69) is 18.8 Å². The number of ether oxygens (including phenoxy) is 2. The molecule has 168 valence electrons. The van der Waals surface area contributed by atoms with Gasteiger partial charge >= 0.3 is 5.97 Å². The molecule has 0 radical (unpaired) electrons. The summed E-state index contributed by atoms with van der Waals surface area (Å²) in [5.74, 6) is -0.134. The fourth-order valence-corrected chi connectivity index (χ4v) is 3.69. The van der Waals surface area contributed by atoms with Gasteiger partial charge in [0.25, 0.3) is 0 Å². The van der Waals surface area contributed by atoms with Crippen molar-refractivity contribution in [1.82, 2.24) is 4.98 Å². The molecule has 0 saturated carbocycles. The molecular formula is C24H25FN2O4S. The molecule has 0 bridgehead atoms. The number of aromatic nitrogens is 1. The number of para-hydroxylation sites is 1. The fraction of sp³-hybridized carbons (Fsp3) is 0.292. The van der Waals surface area contributed by atoms with E-state index < -0.39 is 11.8 Å². The topological polar surface area (TPSA) is 68.7 Å². The molecule has 1 amide bonds. The zero-order valence-corrected chi connectivity index (χ0v) is 19.0. The highest BCUT2D eigenvalue weighted by Gasteiger charge is 2.21. The average Bonchev–Trinajstić information content (AvgIpc) is 3.22. The van der Waals surface area contributed by atoms with Gasteiger partial charge < -0.3 is 9.47 Å². The maximum atomic E-state index is 14.2. The Morgan fingerprint density at radius 2 is 1.84 bits per heavy atom. The van der Waals surface area contributed by atoms with Crippen molar-refractivity contribution in [2.45, 2.75) is 33.8 Å². The molecule has 2 aromatic carbocycles. The summed E-state index contributed by atoms with van der Waals surface area (Å²) < 4.78 is 25.2. The lowest BCUT2D eigenvalue weighted by Crippen LogP contribution is -2.23. The molecule has 3 rings (SSSR count). The van der Waals surface area contributed by atoms with Gasteiger partial charge in [-0.3, -0.25) is 9.69 Å². The molecule has 0 aliphatic rings. The smallest absolute Gasteiger partial charge is 0.338 e. The van der Waals surface area contributed by atoms with Crippen molar-refractivity contribution in [3.63, 3.8) is 0 Å². The third-order valence-corrected chi connectivity index (χ3v) is 5.42. The first-order valence-electron chi connectivity index (χ1n) is 10.2. The predicted octanol–water partition coefficient (Wildman–Crippen LogP) is 5.75. The summed E-state index contributed by atoms with van der Waals surface area (Å²) >= 11 is 1.17. The molecule has 8 heteroatoms. The maximum absolute atomic E-state index is 14.2. The number of rotatable bonds is 9. The van der Waals surface area contributed by atoms with Crippen molar-refractivity contribution in [1.29, 1.82) is 0 Å². The minimum Gasteiger partial charge on any atom is -0.494 e. The maximum Gasteiger partial charge on any atom is 0.338 e. The van der Waals surface area contributed by atoms with Crippen molar-refractivity contribution >= 4 is 34.0 Å². The Morgan fingerprint density at radius 1 is 1.12 bits per heavy atom. The number of anilines is 2.